The van der Waals surface area contributed by atoms with Crippen molar-refractivity contribution in [1.82, 2.24) is 0 Å². The Bertz CT molecular complexity index is 1430. The van der Waals surface area contributed by atoms with Crippen LogP contribution in [0, 0.1) is 6.92 Å². The summed E-state index contributed by atoms with van der Waals surface area (Å²) in [5.74, 6) is -0.161. The van der Waals surface area contributed by atoms with Gasteiger partial charge in [-0.15, -0.1) is 0 Å². The molecule has 0 saturated carbocycles. The van der Waals surface area contributed by atoms with Gasteiger partial charge < -0.3 is 9.52 Å². The van der Waals surface area contributed by atoms with Gasteiger partial charge in [0.2, 0.25) is 0 Å². The van der Waals surface area contributed by atoms with Crippen LogP contribution in [0.1, 0.15) is 27.2 Å². The van der Waals surface area contributed by atoms with Crippen LogP contribution >= 0.6 is 0 Å². The van der Waals surface area contributed by atoms with E-state index in [1.165, 1.54) is 17.1 Å². The number of hydrazone groups is 1. The van der Waals surface area contributed by atoms with Crippen LogP contribution in [0.5, 0.6) is 0 Å². The summed E-state index contributed by atoms with van der Waals surface area (Å²) in [4.78, 5) is 24.5. The second-order valence-electron chi connectivity index (χ2n) is 7.91. The Balaban J connectivity index is 1.52. The summed E-state index contributed by atoms with van der Waals surface area (Å²) in [7, 11) is 0. The van der Waals surface area contributed by atoms with E-state index in [1.807, 2.05) is 61.5 Å². The standard InChI is InChI=1S/C28H20N2O4/c1-18-7-13-22(14-8-18)30-27(31)24(26(29-30)20-5-3-2-4-6-20)17-23-15-16-25(34-23)19-9-11-21(12-10-19)28(32)33/h2-17H,1H3,(H,32,33)/b24-17-. The molecule has 1 aliphatic heterocycles. The van der Waals surface area contributed by atoms with E-state index in [0.29, 0.717) is 28.5 Å². The van der Waals surface area contributed by atoms with E-state index in [9.17, 15) is 9.59 Å². The van der Waals surface area contributed by atoms with Crippen LogP contribution in [0.4, 0.5) is 5.69 Å². The normalized spacial score (nSPS) is 14.5. The zero-order valence-corrected chi connectivity index (χ0v) is 18.3. The van der Waals surface area contributed by atoms with Gasteiger partial charge >= 0.3 is 5.97 Å². The zero-order valence-electron chi connectivity index (χ0n) is 18.3. The summed E-state index contributed by atoms with van der Waals surface area (Å²) < 4.78 is 5.97. The van der Waals surface area contributed by atoms with Crippen molar-refractivity contribution < 1.29 is 19.1 Å². The first-order chi connectivity index (χ1) is 16.5. The maximum absolute atomic E-state index is 13.4. The molecule has 0 aliphatic carbocycles. The quantitative estimate of drug-likeness (QED) is 0.392. The third-order valence-electron chi connectivity index (χ3n) is 5.53. The van der Waals surface area contributed by atoms with E-state index in [0.717, 1.165) is 16.7 Å². The van der Waals surface area contributed by atoms with Crippen LogP contribution in [0.15, 0.2) is 106 Å². The van der Waals surface area contributed by atoms with Gasteiger partial charge in [-0.2, -0.15) is 10.1 Å². The van der Waals surface area contributed by atoms with Crippen LogP contribution in [-0.2, 0) is 4.79 Å². The minimum atomic E-state index is -0.984. The van der Waals surface area contributed by atoms with Gasteiger partial charge in [0.1, 0.15) is 17.2 Å². The monoisotopic (exact) mass is 448 g/mol. The van der Waals surface area contributed by atoms with Crippen molar-refractivity contribution in [2.45, 2.75) is 6.92 Å². The van der Waals surface area contributed by atoms with Gasteiger partial charge in [0, 0.05) is 11.1 Å². The van der Waals surface area contributed by atoms with Crippen LogP contribution in [0.2, 0.25) is 0 Å². The molecule has 6 heteroatoms. The van der Waals surface area contributed by atoms with Crippen molar-refractivity contribution in [3.63, 3.8) is 0 Å². The van der Waals surface area contributed by atoms with Crippen LogP contribution in [0.3, 0.4) is 0 Å². The molecule has 6 nitrogen and oxygen atoms in total. The van der Waals surface area contributed by atoms with E-state index in [1.54, 1.807) is 30.3 Å². The predicted octanol–water partition coefficient (Wildman–Crippen LogP) is 5.79. The highest BCUT2D eigenvalue weighted by molar-refractivity contribution is 6.37. The number of nitrogens with zero attached hydrogens (tertiary/aromatic N) is 2. The van der Waals surface area contributed by atoms with E-state index < -0.39 is 5.97 Å². The molecular weight excluding hydrogens is 428 g/mol. The van der Waals surface area contributed by atoms with Crippen LogP contribution < -0.4 is 5.01 Å². The summed E-state index contributed by atoms with van der Waals surface area (Å²) in [6.45, 7) is 1.99. The Kier molecular flexibility index (Phi) is 5.40. The Morgan fingerprint density at radius 2 is 1.59 bits per heavy atom. The summed E-state index contributed by atoms with van der Waals surface area (Å²) >= 11 is 0. The lowest BCUT2D eigenvalue weighted by Crippen LogP contribution is -2.21. The molecule has 4 aromatic rings. The van der Waals surface area contributed by atoms with Crippen LogP contribution in [-0.4, -0.2) is 22.7 Å². The second kappa shape index (κ2) is 8.67. The summed E-state index contributed by atoms with van der Waals surface area (Å²) in [5, 5.41) is 15.1. The number of hydrogen-bond acceptors (Lipinski definition) is 4. The first-order valence-corrected chi connectivity index (χ1v) is 10.7. The number of hydrogen-bond donors (Lipinski definition) is 1. The van der Waals surface area contributed by atoms with Gasteiger partial charge in [-0.1, -0.05) is 60.2 Å². The first kappa shape index (κ1) is 21.2. The van der Waals surface area contributed by atoms with Crippen molar-refractivity contribution in [1.29, 1.82) is 0 Å². The predicted molar refractivity (Wildman–Crippen MR) is 131 cm³/mol. The molecular formula is C28H20N2O4. The number of furan rings is 1. The summed E-state index contributed by atoms with van der Waals surface area (Å²) in [5.41, 5.74) is 4.54. The number of carboxylic acid groups (broad SMARTS) is 1. The smallest absolute Gasteiger partial charge is 0.335 e. The molecule has 3 aromatic carbocycles. The zero-order chi connectivity index (χ0) is 23.7. The average molecular weight is 448 g/mol. The number of amides is 1. The molecule has 1 N–H and O–H groups in total. The first-order valence-electron chi connectivity index (χ1n) is 10.7. The molecule has 2 heterocycles. The summed E-state index contributed by atoms with van der Waals surface area (Å²) in [6.07, 6.45) is 1.69. The molecule has 0 bridgehead atoms. The highest BCUT2D eigenvalue weighted by Crippen LogP contribution is 2.30. The Labute approximate surface area is 196 Å². The van der Waals surface area contributed by atoms with Crippen LogP contribution in [0.25, 0.3) is 17.4 Å². The number of carbonyl (C=O) groups is 2. The Morgan fingerprint density at radius 3 is 2.26 bits per heavy atom. The van der Waals surface area contributed by atoms with Crippen molar-refractivity contribution >= 4 is 29.4 Å². The maximum atomic E-state index is 13.4. The maximum Gasteiger partial charge on any atom is 0.335 e. The van der Waals surface area contributed by atoms with E-state index in [4.69, 9.17) is 9.52 Å². The molecule has 1 amide bonds. The lowest BCUT2D eigenvalue weighted by Gasteiger charge is -2.11. The molecule has 0 spiro atoms. The fraction of sp³-hybridized carbons (Fsp3) is 0.0357. The minimum Gasteiger partial charge on any atom is -0.478 e. The van der Waals surface area contributed by atoms with Gasteiger partial charge in [0.05, 0.1) is 16.8 Å². The number of carboxylic acids is 1. The van der Waals surface area contributed by atoms with Gasteiger partial charge in [-0.3, -0.25) is 4.79 Å². The lowest BCUT2D eigenvalue weighted by atomic mass is 10.0. The van der Waals surface area contributed by atoms with Crippen molar-refractivity contribution in [2.24, 2.45) is 5.10 Å². The van der Waals surface area contributed by atoms with Gasteiger partial charge in [-0.25, -0.2) is 4.79 Å². The second-order valence-corrected chi connectivity index (χ2v) is 7.91. The van der Waals surface area contributed by atoms with Gasteiger partial charge in [0.15, 0.2) is 0 Å². The van der Waals surface area contributed by atoms with E-state index in [-0.39, 0.29) is 11.5 Å². The highest BCUT2D eigenvalue weighted by atomic mass is 16.4. The highest BCUT2D eigenvalue weighted by Gasteiger charge is 2.32. The molecule has 0 saturated heterocycles. The number of aromatic carboxylic acids is 1. The molecule has 0 fully saturated rings. The van der Waals surface area contributed by atoms with Crippen molar-refractivity contribution in [3.05, 3.63) is 119 Å². The van der Waals surface area contributed by atoms with Crippen molar-refractivity contribution in [2.75, 3.05) is 5.01 Å². The number of aryl methyl sites for hydroxylation is 1. The molecule has 1 aromatic heterocycles. The van der Waals surface area contributed by atoms with E-state index >= 15 is 0 Å². The fourth-order valence-corrected chi connectivity index (χ4v) is 3.72. The van der Waals surface area contributed by atoms with Crippen molar-refractivity contribution in [3.8, 4) is 11.3 Å². The largest absolute Gasteiger partial charge is 0.478 e. The van der Waals surface area contributed by atoms with E-state index in [2.05, 4.69) is 5.10 Å². The number of rotatable bonds is 5. The average Bonchev–Trinajstić information content (AvgIpc) is 3.46. The molecule has 1 aliphatic rings. The lowest BCUT2D eigenvalue weighted by molar-refractivity contribution is -0.114. The molecule has 166 valence electrons. The number of carbonyl (C=O) groups excluding carboxylic acids is 1. The number of benzene rings is 3. The molecule has 0 radical (unpaired) electrons. The fourth-order valence-electron chi connectivity index (χ4n) is 3.72. The SMILES string of the molecule is Cc1ccc(N2N=C(c3ccccc3)/C(=C/c3ccc(-c4ccc(C(=O)O)cc4)o3)C2=O)cc1. The van der Waals surface area contributed by atoms with Gasteiger partial charge in [-0.05, 0) is 49.4 Å². The Hall–Kier alpha value is -4.71. The number of anilines is 1. The third kappa shape index (κ3) is 4.04. The third-order valence-corrected chi connectivity index (χ3v) is 5.53. The summed E-state index contributed by atoms with van der Waals surface area (Å²) in [6, 6.07) is 27.2. The molecule has 0 unspecified atom stereocenters. The topological polar surface area (TPSA) is 83.1 Å². The molecule has 0 atom stereocenters. The molecule has 34 heavy (non-hydrogen) atoms. The van der Waals surface area contributed by atoms with Gasteiger partial charge in [0.25, 0.3) is 5.91 Å². The minimum absolute atomic E-state index is 0.203. The molecule has 5 rings (SSSR count). The Morgan fingerprint density at radius 1 is 0.882 bits per heavy atom.